The summed E-state index contributed by atoms with van der Waals surface area (Å²) in [5.41, 5.74) is 6.03. The van der Waals surface area contributed by atoms with E-state index in [1.54, 1.807) is 30.3 Å². The minimum atomic E-state index is -2.81. The molecule has 0 unspecified atom stereocenters. The Balaban J connectivity index is 1.64. The summed E-state index contributed by atoms with van der Waals surface area (Å²) in [7, 11) is 0. The van der Waals surface area contributed by atoms with Crippen LogP contribution in [0.1, 0.15) is 22.1 Å². The second kappa shape index (κ2) is 5.32. The number of hydrogen-bond acceptors (Lipinski definition) is 4. The summed E-state index contributed by atoms with van der Waals surface area (Å²) in [5.74, 6) is -5.18. The number of rotatable bonds is 4. The minimum absolute atomic E-state index is 0.125. The summed E-state index contributed by atoms with van der Waals surface area (Å²) in [6, 6.07) is 10.00. The van der Waals surface area contributed by atoms with E-state index in [1.807, 2.05) is 0 Å². The van der Waals surface area contributed by atoms with Gasteiger partial charge in [0, 0.05) is 12.7 Å². The van der Waals surface area contributed by atoms with Crippen molar-refractivity contribution >= 4 is 11.7 Å². The molecule has 0 spiro atoms. The largest absolute Gasteiger partial charge is 0.384 e. The third-order valence-electron chi connectivity index (χ3n) is 3.72. The number of halogens is 2. The highest BCUT2D eigenvalue weighted by molar-refractivity contribution is 5.90. The Hall–Kier alpha value is -2.57. The lowest BCUT2D eigenvalue weighted by atomic mass is 10.1. The highest BCUT2D eigenvalue weighted by Gasteiger charge is 2.68. The number of nitrogens with one attached hydrogen (secondary N) is 1. The number of anilines is 1. The zero-order valence-corrected chi connectivity index (χ0v) is 11.5. The Morgan fingerprint density at radius 2 is 2.00 bits per heavy atom. The first kappa shape index (κ1) is 14.4. The van der Waals surface area contributed by atoms with Gasteiger partial charge in [-0.2, -0.15) is 0 Å². The van der Waals surface area contributed by atoms with Gasteiger partial charge >= 0.3 is 0 Å². The molecule has 2 atom stereocenters. The lowest BCUT2D eigenvalue weighted by molar-refractivity contribution is 0.0868. The normalized spacial score (nSPS) is 22.1. The average molecular weight is 304 g/mol. The summed E-state index contributed by atoms with van der Waals surface area (Å²) in [4.78, 5) is 19.4. The molecule has 7 heteroatoms. The molecule has 1 aliphatic carbocycles. The fourth-order valence-electron chi connectivity index (χ4n) is 2.52. The molecule has 3 N–H and O–H groups in total. The molecule has 1 aromatic carbocycles. The van der Waals surface area contributed by atoms with Gasteiger partial charge < -0.3 is 11.1 Å². The molecular formula is C15H14F2N4O. The third kappa shape index (κ3) is 2.61. The van der Waals surface area contributed by atoms with E-state index in [-0.39, 0.29) is 18.2 Å². The van der Waals surface area contributed by atoms with Crippen LogP contribution in [0.2, 0.25) is 0 Å². The molecule has 22 heavy (non-hydrogen) atoms. The fourth-order valence-corrected chi connectivity index (χ4v) is 2.52. The minimum Gasteiger partial charge on any atom is -0.384 e. The maximum Gasteiger partial charge on any atom is 0.289 e. The van der Waals surface area contributed by atoms with Crippen molar-refractivity contribution in [3.63, 3.8) is 0 Å². The highest BCUT2D eigenvalue weighted by Crippen LogP contribution is 2.61. The van der Waals surface area contributed by atoms with Crippen LogP contribution in [0.25, 0.3) is 0 Å². The molecule has 1 fully saturated rings. The first-order chi connectivity index (χ1) is 10.5. The summed E-state index contributed by atoms with van der Waals surface area (Å²) >= 11 is 0. The molecular weight excluding hydrogens is 290 g/mol. The van der Waals surface area contributed by atoms with Crippen molar-refractivity contribution in [1.82, 2.24) is 15.3 Å². The predicted octanol–water partition coefficient (Wildman–Crippen LogP) is 1.84. The molecule has 5 nitrogen and oxygen atoms in total. The van der Waals surface area contributed by atoms with E-state index in [2.05, 4.69) is 15.3 Å². The monoisotopic (exact) mass is 304 g/mol. The molecule has 1 aliphatic rings. The number of nitrogen functional groups attached to an aromatic ring is 1. The fraction of sp³-hybridized carbons (Fsp3) is 0.267. The Labute approximate surface area is 125 Å². The zero-order valence-electron chi connectivity index (χ0n) is 11.5. The number of nitrogens with zero attached hydrogens (tertiary/aromatic N) is 2. The van der Waals surface area contributed by atoms with Gasteiger partial charge in [-0.25, -0.2) is 18.7 Å². The summed E-state index contributed by atoms with van der Waals surface area (Å²) < 4.78 is 27.7. The summed E-state index contributed by atoms with van der Waals surface area (Å²) in [5, 5.41) is 2.44. The second-order valence-electron chi connectivity index (χ2n) is 5.18. The maximum absolute atomic E-state index is 13.9. The number of aromatic nitrogens is 2. The Kier molecular flexibility index (Phi) is 3.48. The van der Waals surface area contributed by atoms with Gasteiger partial charge in [-0.3, -0.25) is 4.79 Å². The number of benzene rings is 1. The molecule has 1 heterocycles. The maximum atomic E-state index is 13.9. The molecule has 2 aromatic rings. The van der Waals surface area contributed by atoms with Crippen LogP contribution in [0.15, 0.2) is 42.6 Å². The van der Waals surface area contributed by atoms with Gasteiger partial charge in [-0.05, 0) is 11.6 Å². The van der Waals surface area contributed by atoms with Crippen LogP contribution >= 0.6 is 0 Å². The lowest BCUT2D eigenvalue weighted by Crippen LogP contribution is -2.28. The zero-order chi connectivity index (χ0) is 15.7. The highest BCUT2D eigenvalue weighted by atomic mass is 19.3. The van der Waals surface area contributed by atoms with Crippen molar-refractivity contribution in [1.29, 1.82) is 0 Å². The molecule has 114 valence electrons. The van der Waals surface area contributed by atoms with Crippen molar-refractivity contribution in [2.75, 3.05) is 12.3 Å². The molecule has 3 rings (SSSR count). The van der Waals surface area contributed by atoms with Gasteiger partial charge in [0.1, 0.15) is 5.82 Å². The number of alkyl halides is 2. The van der Waals surface area contributed by atoms with Crippen molar-refractivity contribution in [2.24, 2.45) is 5.92 Å². The third-order valence-corrected chi connectivity index (χ3v) is 3.72. The van der Waals surface area contributed by atoms with Crippen LogP contribution in [0.4, 0.5) is 14.6 Å². The molecule has 0 radical (unpaired) electrons. The van der Waals surface area contributed by atoms with E-state index < -0.39 is 23.7 Å². The van der Waals surface area contributed by atoms with Gasteiger partial charge in [0.15, 0.2) is 0 Å². The van der Waals surface area contributed by atoms with Crippen molar-refractivity contribution < 1.29 is 13.6 Å². The number of amides is 1. The quantitative estimate of drug-likeness (QED) is 0.903. The van der Waals surface area contributed by atoms with Crippen molar-refractivity contribution in [2.45, 2.75) is 11.8 Å². The number of nitrogens with two attached hydrogens (primary N) is 1. The number of carbonyl (C=O) groups excluding carboxylic acids is 1. The van der Waals surface area contributed by atoms with E-state index in [4.69, 9.17) is 5.73 Å². The topological polar surface area (TPSA) is 80.9 Å². The van der Waals surface area contributed by atoms with E-state index in [1.165, 1.54) is 12.3 Å². The van der Waals surface area contributed by atoms with Crippen molar-refractivity contribution in [3.05, 3.63) is 54.0 Å². The smallest absolute Gasteiger partial charge is 0.289 e. The van der Waals surface area contributed by atoms with Gasteiger partial charge in [-0.1, -0.05) is 30.3 Å². The average Bonchev–Trinajstić information content (AvgIpc) is 3.06. The van der Waals surface area contributed by atoms with E-state index in [0.717, 1.165) is 0 Å². The Bertz CT molecular complexity index is 693. The van der Waals surface area contributed by atoms with Gasteiger partial charge in [0.05, 0.1) is 11.8 Å². The van der Waals surface area contributed by atoms with Crippen LogP contribution in [-0.4, -0.2) is 28.3 Å². The number of hydrogen-bond donors (Lipinski definition) is 2. The number of carbonyl (C=O) groups is 1. The Morgan fingerprint density at radius 1 is 1.27 bits per heavy atom. The standard InChI is InChI=1S/C15H14F2N4O/c16-15(17)10(12(15)9-4-2-1-3-5-9)8-20-14(22)13-19-7-6-11(18)21-13/h1-7,10,12H,8H2,(H,20,22)(H2,18,19,21)/t10-,12-/m1/s1. The molecule has 1 saturated carbocycles. The van der Waals surface area contributed by atoms with Crippen LogP contribution in [0, 0.1) is 5.92 Å². The van der Waals surface area contributed by atoms with E-state index in [0.29, 0.717) is 5.56 Å². The van der Waals surface area contributed by atoms with Gasteiger partial charge in [-0.15, -0.1) is 0 Å². The lowest BCUT2D eigenvalue weighted by Gasteiger charge is -2.03. The summed E-state index contributed by atoms with van der Waals surface area (Å²) in [6.45, 7) is -0.135. The van der Waals surface area contributed by atoms with Crippen LogP contribution in [0.3, 0.4) is 0 Å². The van der Waals surface area contributed by atoms with Crippen LogP contribution in [0.5, 0.6) is 0 Å². The van der Waals surface area contributed by atoms with E-state index in [9.17, 15) is 13.6 Å². The second-order valence-corrected chi connectivity index (χ2v) is 5.18. The SMILES string of the molecule is Nc1ccnc(C(=O)NC[C@@H]2[C@@H](c3ccccc3)C2(F)F)n1. The van der Waals surface area contributed by atoms with Crippen LogP contribution in [-0.2, 0) is 0 Å². The van der Waals surface area contributed by atoms with E-state index >= 15 is 0 Å². The Morgan fingerprint density at radius 3 is 2.68 bits per heavy atom. The molecule has 1 aromatic heterocycles. The van der Waals surface area contributed by atoms with Crippen LogP contribution < -0.4 is 11.1 Å². The predicted molar refractivity (Wildman–Crippen MR) is 76.4 cm³/mol. The van der Waals surface area contributed by atoms with Crippen molar-refractivity contribution in [3.8, 4) is 0 Å². The molecule has 1 amide bonds. The molecule has 0 saturated heterocycles. The van der Waals surface area contributed by atoms with Gasteiger partial charge in [0.2, 0.25) is 5.82 Å². The summed E-state index contributed by atoms with van der Waals surface area (Å²) in [6.07, 6.45) is 1.34. The first-order valence-corrected chi connectivity index (χ1v) is 6.79. The molecule has 0 bridgehead atoms. The molecule has 0 aliphatic heterocycles. The van der Waals surface area contributed by atoms with Gasteiger partial charge in [0.25, 0.3) is 11.8 Å². The first-order valence-electron chi connectivity index (χ1n) is 6.79.